The van der Waals surface area contributed by atoms with Gasteiger partial charge in [0.1, 0.15) is 0 Å². The Labute approximate surface area is 322 Å². The molecule has 0 amide bonds. The van der Waals surface area contributed by atoms with E-state index >= 15 is 0 Å². The van der Waals surface area contributed by atoms with Gasteiger partial charge in [-0.05, 0) is 123 Å². The number of hydrogen-bond acceptors (Lipinski definition) is 1. The Bertz CT molecular complexity index is 1240. The van der Waals surface area contributed by atoms with Gasteiger partial charge in [0.05, 0.1) is 11.6 Å². The zero-order valence-corrected chi connectivity index (χ0v) is 34.2. The average molecular weight is 762 g/mol. The fraction of sp³-hybridized carbons (Fsp3) is 0.364. The molecule has 2 saturated carbocycles. The van der Waals surface area contributed by atoms with Gasteiger partial charge in [-0.3, -0.25) is 0 Å². The van der Waals surface area contributed by atoms with Gasteiger partial charge in [0.15, 0.2) is 0 Å². The summed E-state index contributed by atoms with van der Waals surface area (Å²) in [4.78, 5) is 0. The number of benzene rings is 2. The molecule has 2 fully saturated rings. The van der Waals surface area contributed by atoms with E-state index in [-0.39, 0.29) is 45.8 Å². The molecule has 10 radical (unpaired) electrons. The Hall–Kier alpha value is -1.58. The molecule has 0 atom stereocenters. The number of nitrogens with zero attached hydrogens (tertiary/aromatic N) is 2. The quantitative estimate of drug-likeness (QED) is 0.281. The molecule has 0 bridgehead atoms. The second kappa shape index (κ2) is 19.0. The first kappa shape index (κ1) is 43.4. The van der Waals surface area contributed by atoms with Crippen LogP contribution >= 0.6 is 0 Å². The van der Waals surface area contributed by atoms with E-state index in [0.29, 0.717) is 11.3 Å². The van der Waals surface area contributed by atoms with Crippen LogP contribution in [-0.2, 0) is 0 Å². The van der Waals surface area contributed by atoms with E-state index in [4.69, 9.17) is 5.26 Å². The summed E-state index contributed by atoms with van der Waals surface area (Å²) >= 11 is 0. The predicted molar refractivity (Wildman–Crippen MR) is 199 cm³/mol. The summed E-state index contributed by atoms with van der Waals surface area (Å²) < 4.78 is 0. The van der Waals surface area contributed by atoms with E-state index in [1.165, 1.54) is 81.5 Å². The predicted octanol–water partition coefficient (Wildman–Crippen LogP) is 12.2. The molecule has 0 aromatic heterocycles. The first-order valence-electron chi connectivity index (χ1n) is 16.3. The van der Waals surface area contributed by atoms with Gasteiger partial charge in [0, 0.05) is 45.8 Å². The van der Waals surface area contributed by atoms with Crippen LogP contribution in [0.25, 0.3) is 5.41 Å². The second-order valence-electron chi connectivity index (χ2n) is 13.1. The van der Waals surface area contributed by atoms with Crippen molar-refractivity contribution in [1.82, 2.24) is 0 Å². The fourth-order valence-electron chi connectivity index (χ4n) is 6.16. The van der Waals surface area contributed by atoms with Crippen molar-refractivity contribution < 1.29 is 40.4 Å². The average Bonchev–Trinajstić information content (AvgIpc) is 3.43. The van der Waals surface area contributed by atoms with Crippen LogP contribution in [0.15, 0.2) is 83.0 Å². The Morgan fingerprint density at radius 2 is 0.745 bits per heavy atom. The van der Waals surface area contributed by atoms with E-state index in [1.54, 1.807) is 12.1 Å². The smallest absolute Gasteiger partial charge is 0.0991 e. The third-order valence-corrected chi connectivity index (χ3v) is 11.2. The molecule has 248 valence electrons. The van der Waals surface area contributed by atoms with E-state index in [9.17, 15) is 5.41 Å². The molecule has 0 saturated heterocycles. The minimum atomic E-state index is -0.352. The Kier molecular flexibility index (Phi) is 17.5. The van der Waals surface area contributed by atoms with Gasteiger partial charge in [0.25, 0.3) is 0 Å². The zero-order chi connectivity index (χ0) is 35.1. The molecule has 0 spiro atoms. The van der Waals surface area contributed by atoms with Crippen molar-refractivity contribution in [2.24, 2.45) is 5.41 Å². The van der Waals surface area contributed by atoms with Crippen LogP contribution < -0.4 is 0 Å². The van der Waals surface area contributed by atoms with Gasteiger partial charge >= 0.3 is 0 Å². The van der Waals surface area contributed by atoms with Crippen molar-refractivity contribution in [3.8, 4) is 6.07 Å². The number of allylic oxidation sites excluding steroid dienone is 4. The van der Waals surface area contributed by atoms with Crippen molar-refractivity contribution in [3.63, 3.8) is 0 Å². The fourth-order valence-corrected chi connectivity index (χ4v) is 6.16. The van der Waals surface area contributed by atoms with Crippen molar-refractivity contribution in [1.29, 1.82) is 5.26 Å². The molecule has 2 aromatic carbocycles. The van der Waals surface area contributed by atoms with Crippen LogP contribution in [0.3, 0.4) is 0 Å². The normalized spacial score (nSPS) is 20.6. The van der Waals surface area contributed by atoms with E-state index in [0.717, 1.165) is 5.56 Å². The van der Waals surface area contributed by atoms with E-state index < -0.39 is 0 Å². The Morgan fingerprint density at radius 1 is 0.489 bits per heavy atom. The summed E-state index contributed by atoms with van der Waals surface area (Å²) in [7, 11) is 0. The Balaban J connectivity index is 0.000000329. The van der Waals surface area contributed by atoms with E-state index in [1.807, 2.05) is 54.6 Å². The topological polar surface area (TPSA) is 46.1 Å². The van der Waals surface area contributed by atoms with Gasteiger partial charge < -0.3 is 5.41 Å². The SMILES string of the molecule is CC1=C(C)C(C)(C(=[N-])c2ccccc2)C(C)=C1C.C[C]1[C](C)[C](C)[C](C)[C]1C.C[C]1[C](C)[C](C)[C](C)[C]1C.N#Cc1ccccc1.[Sm]. The third kappa shape index (κ3) is 9.78. The van der Waals surface area contributed by atoms with Crippen molar-refractivity contribution >= 4 is 5.71 Å². The maximum atomic E-state index is 10.7. The molecular weight excluding hydrogens is 707 g/mol. The van der Waals surface area contributed by atoms with Gasteiger partial charge in [0.2, 0.25) is 0 Å². The van der Waals surface area contributed by atoms with E-state index in [2.05, 4.69) is 104 Å². The first-order chi connectivity index (χ1) is 21.4. The van der Waals surface area contributed by atoms with Crippen LogP contribution in [0, 0.1) is 116 Å². The summed E-state index contributed by atoms with van der Waals surface area (Å²) in [5, 5.41) is 19.0. The zero-order valence-electron chi connectivity index (χ0n) is 31.6. The van der Waals surface area contributed by atoms with Crippen LogP contribution in [0.2, 0.25) is 0 Å². The second-order valence-corrected chi connectivity index (χ2v) is 13.1. The number of rotatable bonds is 2. The van der Waals surface area contributed by atoms with Crippen molar-refractivity contribution in [3.05, 3.63) is 159 Å². The monoisotopic (exact) mass is 763 g/mol. The van der Waals surface area contributed by atoms with Crippen LogP contribution in [0.1, 0.15) is 115 Å². The molecule has 0 aliphatic heterocycles. The molecule has 47 heavy (non-hydrogen) atoms. The summed E-state index contributed by atoms with van der Waals surface area (Å²) in [5.74, 6) is 14.7. The molecule has 3 aliphatic rings. The molecule has 2 nitrogen and oxygen atoms in total. The molecule has 3 aliphatic carbocycles. The minimum absolute atomic E-state index is 0. The molecule has 0 N–H and O–H groups in total. The first-order valence-corrected chi connectivity index (χ1v) is 16.3. The van der Waals surface area contributed by atoms with Gasteiger partial charge in [-0.2, -0.15) is 11.0 Å². The molecule has 5 rings (SSSR count). The largest absolute Gasteiger partial charge is 0.806 e. The maximum Gasteiger partial charge on any atom is 0.0991 e. The third-order valence-electron chi connectivity index (χ3n) is 11.2. The van der Waals surface area contributed by atoms with Gasteiger partial charge in [-0.25, -0.2) is 0 Å². The molecule has 0 heterocycles. The van der Waals surface area contributed by atoms with Crippen LogP contribution in [0.4, 0.5) is 0 Å². The number of nitriles is 1. The maximum absolute atomic E-state index is 10.7. The van der Waals surface area contributed by atoms with Crippen LogP contribution in [-0.4, -0.2) is 5.71 Å². The summed E-state index contributed by atoms with van der Waals surface area (Å²) in [6, 6.07) is 21.0. The Morgan fingerprint density at radius 3 is 0.979 bits per heavy atom. The van der Waals surface area contributed by atoms with Crippen molar-refractivity contribution in [2.45, 2.75) is 104 Å². The minimum Gasteiger partial charge on any atom is -0.806 e. The summed E-state index contributed by atoms with van der Waals surface area (Å²) in [5.41, 5.74) is 6.82. The van der Waals surface area contributed by atoms with Gasteiger partial charge in [-0.15, -0.1) is 0 Å². The van der Waals surface area contributed by atoms with Gasteiger partial charge in [-0.1, -0.05) is 129 Å². The van der Waals surface area contributed by atoms with Crippen LogP contribution in [0.5, 0.6) is 0 Å². The van der Waals surface area contributed by atoms with Crippen molar-refractivity contribution in [2.75, 3.05) is 0 Å². The summed E-state index contributed by atoms with van der Waals surface area (Å²) in [6.07, 6.45) is 0. The molecule has 3 heteroatoms. The standard InChI is InChI=1S/C17H20N.2C10H15.C7H5N.Sm/c1-11-12(2)14(4)17(5,13(11)3)16(18)15-9-7-6-8-10-15;2*1-6-7(2)9(4)10(5)8(6)3;8-6-7-4-2-1-3-5-7;/h6-10H,1-5H3;2*1-5H3;1-5H;/q-1;;;;. The molecule has 2 aromatic rings. The summed E-state index contributed by atoms with van der Waals surface area (Å²) in [6.45, 7) is 32.6. The molecule has 0 unspecified atom stereocenters. The number of hydrogen-bond donors (Lipinski definition) is 0. The molecular formula is C44H55N2Sm-.